The molecule has 6 heteroatoms. The summed E-state index contributed by atoms with van der Waals surface area (Å²) < 4.78 is 15.9. The smallest absolute Gasteiger partial charge is 0.379 e. The summed E-state index contributed by atoms with van der Waals surface area (Å²) in [5, 5.41) is 1.96. The third kappa shape index (κ3) is 2.88. The Balaban J connectivity index is 1.58. The molecular weight excluding hydrogens is 340 g/mol. The van der Waals surface area contributed by atoms with E-state index in [9.17, 15) is 9.59 Å². The highest BCUT2D eigenvalue weighted by molar-refractivity contribution is 7.11. The van der Waals surface area contributed by atoms with Gasteiger partial charge in [0.25, 0.3) is 0 Å². The lowest BCUT2D eigenvalue weighted by Gasteiger charge is -2.03. The Bertz CT molecular complexity index is 995. The number of ketones is 1. The molecule has 124 valence electrons. The summed E-state index contributed by atoms with van der Waals surface area (Å²) in [6.07, 6.45) is 3.13. The molecule has 0 N–H and O–H groups in total. The number of hydrogen-bond donors (Lipinski definition) is 0. The number of allylic oxidation sites excluding steroid dienone is 1. The topological polar surface area (TPSA) is 65.7 Å². The van der Waals surface area contributed by atoms with Crippen molar-refractivity contribution in [2.75, 3.05) is 0 Å². The highest BCUT2D eigenvalue weighted by Gasteiger charge is 2.28. The Kier molecular flexibility index (Phi) is 3.74. The van der Waals surface area contributed by atoms with Crippen LogP contribution in [0.4, 0.5) is 0 Å². The number of ether oxygens (including phenoxy) is 2. The van der Waals surface area contributed by atoms with Gasteiger partial charge in [-0.2, -0.15) is 0 Å². The molecule has 0 spiro atoms. The Hall–Kier alpha value is -3.12. The molecule has 0 radical (unpaired) electrons. The Morgan fingerprint density at radius 3 is 2.84 bits per heavy atom. The minimum atomic E-state index is -0.612. The van der Waals surface area contributed by atoms with E-state index in [2.05, 4.69) is 0 Å². The molecule has 0 saturated heterocycles. The standard InChI is InChI=1S/C19H12O5S/c1-11-6-8-25-17(11)10-16-18(20)13-5-4-12(9-15(13)24-16)23-19(21)14-3-2-7-22-14/h2-10H,1H3. The predicted octanol–water partition coefficient (Wildman–Crippen LogP) is 4.48. The van der Waals surface area contributed by atoms with E-state index in [0.717, 1.165) is 10.4 Å². The van der Waals surface area contributed by atoms with Crippen molar-refractivity contribution in [3.05, 3.63) is 75.6 Å². The first kappa shape index (κ1) is 15.4. The third-order valence-electron chi connectivity index (χ3n) is 3.74. The average Bonchev–Trinajstić information content (AvgIpc) is 3.31. The largest absolute Gasteiger partial charge is 0.457 e. The first-order valence-electron chi connectivity index (χ1n) is 7.50. The van der Waals surface area contributed by atoms with Crippen molar-refractivity contribution in [1.82, 2.24) is 0 Å². The summed E-state index contributed by atoms with van der Waals surface area (Å²) in [5.41, 5.74) is 1.52. The van der Waals surface area contributed by atoms with Crippen LogP contribution < -0.4 is 9.47 Å². The van der Waals surface area contributed by atoms with Crippen LogP contribution in [0.15, 0.2) is 58.2 Å². The van der Waals surface area contributed by atoms with Crippen molar-refractivity contribution in [3.63, 3.8) is 0 Å². The highest BCUT2D eigenvalue weighted by atomic mass is 32.1. The molecule has 3 heterocycles. The first-order chi connectivity index (χ1) is 12.1. The van der Waals surface area contributed by atoms with Crippen LogP contribution in [-0.2, 0) is 0 Å². The number of rotatable bonds is 3. The summed E-state index contributed by atoms with van der Waals surface area (Å²) in [5.74, 6) is 0.212. The van der Waals surface area contributed by atoms with Gasteiger partial charge in [0.2, 0.25) is 11.5 Å². The Morgan fingerprint density at radius 2 is 2.12 bits per heavy atom. The molecule has 0 saturated carbocycles. The van der Waals surface area contributed by atoms with Gasteiger partial charge in [0.05, 0.1) is 11.8 Å². The fourth-order valence-electron chi connectivity index (χ4n) is 2.43. The lowest BCUT2D eigenvalue weighted by molar-refractivity contribution is 0.0701. The Labute approximate surface area is 147 Å². The highest BCUT2D eigenvalue weighted by Crippen LogP contribution is 2.35. The zero-order chi connectivity index (χ0) is 17.4. The second kappa shape index (κ2) is 6.07. The van der Waals surface area contributed by atoms with E-state index in [-0.39, 0.29) is 23.1 Å². The van der Waals surface area contributed by atoms with Gasteiger partial charge < -0.3 is 13.9 Å². The van der Waals surface area contributed by atoms with Crippen LogP contribution in [0.1, 0.15) is 31.4 Å². The van der Waals surface area contributed by atoms with Gasteiger partial charge in [-0.3, -0.25) is 4.79 Å². The van der Waals surface area contributed by atoms with Crippen LogP contribution in [0.5, 0.6) is 11.5 Å². The van der Waals surface area contributed by atoms with Crippen LogP contribution in [-0.4, -0.2) is 11.8 Å². The minimum absolute atomic E-state index is 0.103. The summed E-state index contributed by atoms with van der Waals surface area (Å²) in [7, 11) is 0. The quantitative estimate of drug-likeness (QED) is 0.395. The van der Waals surface area contributed by atoms with E-state index in [1.807, 2.05) is 18.4 Å². The number of carbonyl (C=O) groups is 2. The maximum absolute atomic E-state index is 12.4. The van der Waals surface area contributed by atoms with E-state index in [0.29, 0.717) is 11.3 Å². The number of carbonyl (C=O) groups excluding carboxylic acids is 2. The van der Waals surface area contributed by atoms with Gasteiger partial charge >= 0.3 is 5.97 Å². The molecule has 0 bridgehead atoms. The van der Waals surface area contributed by atoms with Crippen molar-refractivity contribution in [3.8, 4) is 11.5 Å². The molecule has 0 fully saturated rings. The molecule has 25 heavy (non-hydrogen) atoms. The molecule has 0 aliphatic carbocycles. The number of benzene rings is 1. The second-order valence-electron chi connectivity index (χ2n) is 5.43. The zero-order valence-electron chi connectivity index (χ0n) is 13.1. The summed E-state index contributed by atoms with van der Waals surface area (Å²) in [4.78, 5) is 25.3. The van der Waals surface area contributed by atoms with Crippen LogP contribution in [0, 0.1) is 6.92 Å². The minimum Gasteiger partial charge on any atom is -0.457 e. The van der Waals surface area contributed by atoms with E-state index in [1.54, 1.807) is 24.3 Å². The lowest BCUT2D eigenvalue weighted by Crippen LogP contribution is -2.07. The molecule has 1 aliphatic heterocycles. The molecule has 5 nitrogen and oxygen atoms in total. The molecule has 0 atom stereocenters. The zero-order valence-corrected chi connectivity index (χ0v) is 14.0. The van der Waals surface area contributed by atoms with Crippen molar-refractivity contribution < 1.29 is 23.5 Å². The van der Waals surface area contributed by atoms with Gasteiger partial charge in [-0.1, -0.05) is 0 Å². The van der Waals surface area contributed by atoms with Gasteiger partial charge in [0.15, 0.2) is 5.76 Å². The maximum Gasteiger partial charge on any atom is 0.379 e. The monoisotopic (exact) mass is 352 g/mol. The molecule has 2 aromatic heterocycles. The van der Waals surface area contributed by atoms with Gasteiger partial charge in [-0.05, 0) is 48.2 Å². The fourth-order valence-corrected chi connectivity index (χ4v) is 3.28. The first-order valence-corrected chi connectivity index (χ1v) is 8.38. The van der Waals surface area contributed by atoms with Crippen LogP contribution >= 0.6 is 11.3 Å². The third-order valence-corrected chi connectivity index (χ3v) is 4.70. The molecule has 1 aromatic carbocycles. The van der Waals surface area contributed by atoms with Crippen molar-refractivity contribution in [2.24, 2.45) is 0 Å². The van der Waals surface area contributed by atoms with Crippen LogP contribution in [0.3, 0.4) is 0 Å². The number of esters is 1. The number of hydrogen-bond acceptors (Lipinski definition) is 6. The lowest BCUT2D eigenvalue weighted by atomic mass is 10.1. The van der Waals surface area contributed by atoms with E-state index < -0.39 is 5.97 Å². The van der Waals surface area contributed by atoms with Crippen molar-refractivity contribution >= 4 is 29.2 Å². The van der Waals surface area contributed by atoms with E-state index in [4.69, 9.17) is 13.9 Å². The summed E-state index contributed by atoms with van der Waals surface area (Å²) in [6, 6.07) is 9.77. The average molecular weight is 352 g/mol. The summed E-state index contributed by atoms with van der Waals surface area (Å²) >= 11 is 1.54. The number of Topliss-reactive ketones (excluding diaryl/α,β-unsaturated/α-hetero) is 1. The molecule has 0 amide bonds. The molecular formula is C19H12O5S. The second-order valence-corrected chi connectivity index (χ2v) is 6.38. The normalized spacial score (nSPS) is 14.4. The van der Waals surface area contributed by atoms with Gasteiger partial charge in [0.1, 0.15) is 11.5 Å². The number of fused-ring (bicyclic) bond motifs is 1. The molecule has 0 unspecified atom stereocenters. The van der Waals surface area contributed by atoms with Gasteiger partial charge in [0, 0.05) is 17.0 Å². The number of aryl methyl sites for hydroxylation is 1. The number of furan rings is 1. The van der Waals surface area contributed by atoms with E-state index in [1.165, 1.54) is 29.7 Å². The SMILES string of the molecule is Cc1ccsc1C=C1Oc2cc(OC(=O)c3ccco3)ccc2C1=O. The van der Waals surface area contributed by atoms with Crippen molar-refractivity contribution in [2.45, 2.75) is 6.92 Å². The number of thiophene rings is 1. The van der Waals surface area contributed by atoms with E-state index >= 15 is 0 Å². The maximum atomic E-state index is 12.4. The van der Waals surface area contributed by atoms with Gasteiger partial charge in [-0.15, -0.1) is 11.3 Å². The van der Waals surface area contributed by atoms with Crippen LogP contribution in [0.2, 0.25) is 0 Å². The van der Waals surface area contributed by atoms with Crippen LogP contribution in [0.25, 0.3) is 6.08 Å². The molecule has 1 aliphatic rings. The van der Waals surface area contributed by atoms with Gasteiger partial charge in [-0.25, -0.2) is 4.79 Å². The molecule has 4 rings (SSSR count). The van der Waals surface area contributed by atoms with Crippen molar-refractivity contribution in [1.29, 1.82) is 0 Å². The summed E-state index contributed by atoms with van der Waals surface area (Å²) in [6.45, 7) is 1.97. The predicted molar refractivity (Wildman–Crippen MR) is 92.1 cm³/mol. The molecule has 3 aromatic rings. The fraction of sp³-hybridized carbons (Fsp3) is 0.0526. The Morgan fingerprint density at radius 1 is 1.24 bits per heavy atom.